The van der Waals surface area contributed by atoms with Crippen molar-refractivity contribution in [2.45, 2.75) is 6.92 Å². The van der Waals surface area contributed by atoms with Crippen LogP contribution in [-0.4, -0.2) is 11.1 Å². The fourth-order valence-corrected chi connectivity index (χ4v) is 1.68. The maximum Gasteiger partial charge on any atom is 0.308 e. The SMILES string of the molecule is CC(=O)Oc1cc(O)cc(/C=C/c2ccccc2)c1. The first-order chi connectivity index (χ1) is 9.13. The number of rotatable bonds is 3. The van der Waals surface area contributed by atoms with Crippen molar-refractivity contribution in [3.05, 3.63) is 59.7 Å². The highest BCUT2D eigenvalue weighted by Crippen LogP contribution is 2.23. The van der Waals surface area contributed by atoms with Crippen molar-refractivity contribution in [2.75, 3.05) is 0 Å². The number of carbonyl (C=O) groups is 1. The Morgan fingerprint density at radius 1 is 1.05 bits per heavy atom. The molecule has 0 unspecified atom stereocenters. The normalized spacial score (nSPS) is 10.6. The minimum Gasteiger partial charge on any atom is -0.508 e. The number of carbonyl (C=O) groups excluding carboxylic acids is 1. The third-order valence-electron chi connectivity index (χ3n) is 2.44. The first-order valence-corrected chi connectivity index (χ1v) is 5.89. The molecule has 0 fully saturated rings. The van der Waals surface area contributed by atoms with Gasteiger partial charge < -0.3 is 9.84 Å². The van der Waals surface area contributed by atoms with Crippen LogP contribution in [0.5, 0.6) is 11.5 Å². The topological polar surface area (TPSA) is 46.5 Å². The molecule has 0 aliphatic rings. The zero-order valence-electron chi connectivity index (χ0n) is 10.5. The number of phenols is 1. The summed E-state index contributed by atoms with van der Waals surface area (Å²) in [5.74, 6) is -0.0183. The molecule has 0 aliphatic carbocycles. The standard InChI is InChI=1S/C16H14O3/c1-12(17)19-16-10-14(9-15(18)11-16)8-7-13-5-3-2-4-6-13/h2-11,18H,1H3/b8-7+. The number of phenolic OH excluding ortho intramolecular Hbond substituents is 1. The molecule has 0 aliphatic heterocycles. The van der Waals surface area contributed by atoms with Gasteiger partial charge in [-0.15, -0.1) is 0 Å². The third-order valence-corrected chi connectivity index (χ3v) is 2.44. The Morgan fingerprint density at radius 2 is 1.74 bits per heavy atom. The monoisotopic (exact) mass is 254 g/mol. The molecule has 0 saturated carbocycles. The Hall–Kier alpha value is -2.55. The second-order valence-corrected chi connectivity index (χ2v) is 4.10. The molecule has 2 aromatic carbocycles. The van der Waals surface area contributed by atoms with Crippen LogP contribution in [0, 0.1) is 0 Å². The molecule has 0 radical (unpaired) electrons. The van der Waals surface area contributed by atoms with Crippen LogP contribution in [0.2, 0.25) is 0 Å². The van der Waals surface area contributed by atoms with Gasteiger partial charge in [0, 0.05) is 13.0 Å². The zero-order chi connectivity index (χ0) is 13.7. The molecule has 19 heavy (non-hydrogen) atoms. The molecular weight excluding hydrogens is 240 g/mol. The number of ether oxygens (including phenoxy) is 1. The molecule has 0 saturated heterocycles. The molecule has 96 valence electrons. The highest BCUT2D eigenvalue weighted by atomic mass is 16.5. The first-order valence-electron chi connectivity index (χ1n) is 5.89. The molecule has 0 amide bonds. The van der Waals surface area contributed by atoms with E-state index in [1.807, 2.05) is 42.5 Å². The number of benzene rings is 2. The third kappa shape index (κ3) is 4.00. The predicted octanol–water partition coefficient (Wildman–Crippen LogP) is 3.49. The lowest BCUT2D eigenvalue weighted by molar-refractivity contribution is -0.131. The fourth-order valence-electron chi connectivity index (χ4n) is 1.68. The van der Waals surface area contributed by atoms with Crippen molar-refractivity contribution < 1.29 is 14.6 Å². The molecule has 3 nitrogen and oxygen atoms in total. The lowest BCUT2D eigenvalue weighted by atomic mass is 10.1. The van der Waals surface area contributed by atoms with Crippen LogP contribution in [0.3, 0.4) is 0 Å². The van der Waals surface area contributed by atoms with Gasteiger partial charge in [0.15, 0.2) is 0 Å². The molecule has 0 heterocycles. The van der Waals surface area contributed by atoms with E-state index in [0.29, 0.717) is 5.75 Å². The van der Waals surface area contributed by atoms with Crippen molar-refractivity contribution in [1.29, 1.82) is 0 Å². The van der Waals surface area contributed by atoms with E-state index in [0.717, 1.165) is 11.1 Å². The molecule has 0 spiro atoms. The molecule has 1 N–H and O–H groups in total. The van der Waals surface area contributed by atoms with Gasteiger partial charge in [0.2, 0.25) is 0 Å². The average Bonchev–Trinajstić information content (AvgIpc) is 2.36. The van der Waals surface area contributed by atoms with Crippen LogP contribution < -0.4 is 4.74 Å². The van der Waals surface area contributed by atoms with E-state index in [1.165, 1.54) is 13.0 Å². The van der Waals surface area contributed by atoms with Crippen LogP contribution in [0.1, 0.15) is 18.1 Å². The second-order valence-electron chi connectivity index (χ2n) is 4.10. The summed E-state index contributed by atoms with van der Waals surface area (Å²) in [6, 6.07) is 14.5. The Balaban J connectivity index is 2.23. The Kier molecular flexibility index (Phi) is 3.98. The van der Waals surface area contributed by atoms with Gasteiger partial charge in [-0.3, -0.25) is 4.79 Å². The van der Waals surface area contributed by atoms with E-state index >= 15 is 0 Å². The molecular formula is C16H14O3. The second kappa shape index (κ2) is 5.87. The lowest BCUT2D eigenvalue weighted by Crippen LogP contribution is -2.01. The minimum absolute atomic E-state index is 0.0615. The van der Waals surface area contributed by atoms with E-state index in [9.17, 15) is 9.90 Å². The maximum atomic E-state index is 10.9. The van der Waals surface area contributed by atoms with Crippen molar-refractivity contribution >= 4 is 18.1 Å². The quantitative estimate of drug-likeness (QED) is 0.518. The number of aromatic hydroxyl groups is 1. The summed E-state index contributed by atoms with van der Waals surface area (Å²) in [6.07, 6.45) is 3.77. The van der Waals surface area contributed by atoms with E-state index in [1.54, 1.807) is 12.1 Å². The van der Waals surface area contributed by atoms with Gasteiger partial charge in [-0.2, -0.15) is 0 Å². The smallest absolute Gasteiger partial charge is 0.308 e. The number of hydrogen-bond acceptors (Lipinski definition) is 3. The van der Waals surface area contributed by atoms with Crippen molar-refractivity contribution in [3.8, 4) is 11.5 Å². The molecule has 2 rings (SSSR count). The Labute approximate surface area is 111 Å². The van der Waals surface area contributed by atoms with E-state index in [-0.39, 0.29) is 5.75 Å². The Morgan fingerprint density at radius 3 is 2.42 bits per heavy atom. The molecule has 0 aromatic heterocycles. The van der Waals surface area contributed by atoms with Gasteiger partial charge in [0.25, 0.3) is 0 Å². The summed E-state index contributed by atoms with van der Waals surface area (Å²) in [5, 5.41) is 9.58. The minimum atomic E-state index is -0.413. The van der Waals surface area contributed by atoms with Crippen LogP contribution in [0.15, 0.2) is 48.5 Å². The first kappa shape index (κ1) is 12.9. The van der Waals surface area contributed by atoms with Crippen LogP contribution in [-0.2, 0) is 4.79 Å². The summed E-state index contributed by atoms with van der Waals surface area (Å²) in [6.45, 7) is 1.32. The van der Waals surface area contributed by atoms with Gasteiger partial charge >= 0.3 is 5.97 Å². The number of hydrogen-bond donors (Lipinski definition) is 1. The van der Waals surface area contributed by atoms with Gasteiger partial charge in [-0.25, -0.2) is 0 Å². The number of esters is 1. The average molecular weight is 254 g/mol. The Bertz CT molecular complexity index is 601. The van der Waals surface area contributed by atoms with Gasteiger partial charge in [-0.1, -0.05) is 42.5 Å². The summed E-state index contributed by atoms with van der Waals surface area (Å²) in [5.41, 5.74) is 1.82. The molecule has 3 heteroatoms. The van der Waals surface area contributed by atoms with Gasteiger partial charge in [-0.05, 0) is 23.3 Å². The summed E-state index contributed by atoms with van der Waals surface area (Å²) >= 11 is 0. The highest BCUT2D eigenvalue weighted by molar-refractivity contribution is 5.73. The molecule has 2 aromatic rings. The summed E-state index contributed by atoms with van der Waals surface area (Å²) in [4.78, 5) is 10.9. The van der Waals surface area contributed by atoms with Gasteiger partial charge in [0.1, 0.15) is 11.5 Å². The van der Waals surface area contributed by atoms with Gasteiger partial charge in [0.05, 0.1) is 0 Å². The summed E-state index contributed by atoms with van der Waals surface area (Å²) < 4.78 is 4.95. The van der Waals surface area contributed by atoms with Crippen LogP contribution >= 0.6 is 0 Å². The molecule has 0 bridgehead atoms. The van der Waals surface area contributed by atoms with Crippen LogP contribution in [0.4, 0.5) is 0 Å². The fraction of sp³-hybridized carbons (Fsp3) is 0.0625. The van der Waals surface area contributed by atoms with Crippen LogP contribution in [0.25, 0.3) is 12.2 Å². The summed E-state index contributed by atoms with van der Waals surface area (Å²) in [7, 11) is 0. The van der Waals surface area contributed by atoms with Crippen molar-refractivity contribution in [2.24, 2.45) is 0 Å². The highest BCUT2D eigenvalue weighted by Gasteiger charge is 2.01. The van der Waals surface area contributed by atoms with E-state index < -0.39 is 5.97 Å². The van der Waals surface area contributed by atoms with E-state index in [4.69, 9.17) is 4.74 Å². The lowest BCUT2D eigenvalue weighted by Gasteiger charge is -2.03. The maximum absolute atomic E-state index is 10.9. The predicted molar refractivity (Wildman–Crippen MR) is 74.8 cm³/mol. The van der Waals surface area contributed by atoms with Crippen molar-refractivity contribution in [1.82, 2.24) is 0 Å². The largest absolute Gasteiger partial charge is 0.508 e. The van der Waals surface area contributed by atoms with Crippen molar-refractivity contribution in [3.63, 3.8) is 0 Å². The molecule has 0 atom stereocenters. The van der Waals surface area contributed by atoms with E-state index in [2.05, 4.69) is 0 Å². The zero-order valence-corrected chi connectivity index (χ0v) is 10.5.